The van der Waals surface area contributed by atoms with Gasteiger partial charge in [0.2, 0.25) is 11.8 Å². The van der Waals surface area contributed by atoms with E-state index < -0.39 is 10.8 Å². The minimum Gasteiger partial charge on any atom is -0.497 e. The lowest BCUT2D eigenvalue weighted by Gasteiger charge is -2.08. The third-order valence-electron chi connectivity index (χ3n) is 3.78. The lowest BCUT2D eigenvalue weighted by Crippen LogP contribution is -2.16. The van der Waals surface area contributed by atoms with Crippen LogP contribution in [-0.4, -0.2) is 33.9 Å². The number of nitrogens with one attached hydrogen (secondary N) is 1. The minimum atomic E-state index is -0.533. The molecule has 1 amide bonds. The maximum Gasteiger partial charge on any atom is 0.293 e. The molecule has 3 rings (SSSR count). The van der Waals surface area contributed by atoms with Gasteiger partial charge in [-0.15, -0.1) is 10.2 Å². The van der Waals surface area contributed by atoms with E-state index in [0.717, 1.165) is 17.3 Å². The summed E-state index contributed by atoms with van der Waals surface area (Å²) in [7, 11) is 1.58. The third kappa shape index (κ3) is 4.46. The number of hydrogen-bond donors (Lipinski definition) is 1. The van der Waals surface area contributed by atoms with Gasteiger partial charge in [0.1, 0.15) is 11.4 Å². The average molecular weight is 400 g/mol. The molecule has 28 heavy (non-hydrogen) atoms. The highest BCUT2D eigenvalue weighted by molar-refractivity contribution is 7.99. The second-order valence-corrected chi connectivity index (χ2v) is 6.59. The highest BCUT2D eigenvalue weighted by Crippen LogP contribution is 2.29. The van der Waals surface area contributed by atoms with Crippen molar-refractivity contribution in [3.8, 4) is 17.2 Å². The van der Waals surface area contributed by atoms with Gasteiger partial charge in [0.25, 0.3) is 10.9 Å². The summed E-state index contributed by atoms with van der Waals surface area (Å²) in [5.74, 6) is 0.585. The number of carbonyl (C=O) groups excluding carboxylic acids is 1. The molecule has 0 radical (unpaired) electrons. The molecule has 0 unspecified atom stereocenters. The van der Waals surface area contributed by atoms with Crippen LogP contribution in [0.4, 0.5) is 11.4 Å². The van der Waals surface area contributed by atoms with E-state index in [0.29, 0.717) is 17.2 Å². The van der Waals surface area contributed by atoms with Crippen molar-refractivity contribution in [3.63, 3.8) is 0 Å². The third-order valence-corrected chi connectivity index (χ3v) is 4.60. The summed E-state index contributed by atoms with van der Waals surface area (Å²) in [5, 5.41) is 21.8. The lowest BCUT2D eigenvalue weighted by atomic mass is 10.1. The number of methoxy groups -OCH3 is 1. The predicted octanol–water partition coefficient (Wildman–Crippen LogP) is 3.69. The number of hydrogen-bond acceptors (Lipinski definition) is 8. The Kier molecular flexibility index (Phi) is 5.90. The fourth-order valence-electron chi connectivity index (χ4n) is 2.39. The average Bonchev–Trinajstić information content (AvgIpc) is 3.17. The van der Waals surface area contributed by atoms with E-state index in [1.54, 1.807) is 50.4 Å². The number of ether oxygens (including phenoxy) is 1. The number of aryl methyl sites for hydroxylation is 1. The topological polar surface area (TPSA) is 120 Å². The van der Waals surface area contributed by atoms with Gasteiger partial charge < -0.3 is 14.5 Å². The number of amides is 1. The lowest BCUT2D eigenvalue weighted by molar-refractivity contribution is -0.384. The summed E-state index contributed by atoms with van der Waals surface area (Å²) in [6.45, 7) is 1.69. The molecule has 0 atom stereocenters. The number of anilines is 1. The van der Waals surface area contributed by atoms with Gasteiger partial charge in [0.05, 0.1) is 17.8 Å². The van der Waals surface area contributed by atoms with Crippen LogP contribution in [-0.2, 0) is 4.79 Å². The minimum absolute atomic E-state index is 0.0320. The highest BCUT2D eigenvalue weighted by Gasteiger charge is 2.18. The molecule has 0 saturated heterocycles. The van der Waals surface area contributed by atoms with Crippen LogP contribution >= 0.6 is 11.8 Å². The zero-order valence-corrected chi connectivity index (χ0v) is 15.9. The molecule has 144 valence electrons. The quantitative estimate of drug-likeness (QED) is 0.362. The van der Waals surface area contributed by atoms with Gasteiger partial charge in [0.15, 0.2) is 0 Å². The van der Waals surface area contributed by atoms with Crippen LogP contribution in [0.1, 0.15) is 5.56 Å². The van der Waals surface area contributed by atoms with Crippen LogP contribution in [0.15, 0.2) is 52.1 Å². The molecular weight excluding hydrogens is 384 g/mol. The number of thioether (sulfide) groups is 1. The zero-order chi connectivity index (χ0) is 20.1. The number of nitrogens with zero attached hydrogens (tertiary/aromatic N) is 3. The first-order valence-corrected chi connectivity index (χ1v) is 9.11. The second-order valence-electron chi connectivity index (χ2n) is 5.66. The van der Waals surface area contributed by atoms with E-state index in [1.165, 1.54) is 6.07 Å². The van der Waals surface area contributed by atoms with Crippen molar-refractivity contribution in [2.24, 2.45) is 0 Å². The van der Waals surface area contributed by atoms with E-state index >= 15 is 0 Å². The first kappa shape index (κ1) is 19.4. The summed E-state index contributed by atoms with van der Waals surface area (Å²) < 4.78 is 10.6. The zero-order valence-electron chi connectivity index (χ0n) is 15.0. The Morgan fingerprint density at radius 3 is 2.68 bits per heavy atom. The van der Waals surface area contributed by atoms with Gasteiger partial charge in [-0.3, -0.25) is 14.9 Å². The van der Waals surface area contributed by atoms with Crippen molar-refractivity contribution in [2.45, 2.75) is 12.1 Å². The standard InChI is InChI=1S/C18H16N4O5S/c1-11-4-3-5-14(22(24)25)16(11)19-15(23)10-28-18-21-20-17(27-18)12-6-8-13(26-2)9-7-12/h3-9H,10H2,1-2H3,(H,19,23). The van der Waals surface area contributed by atoms with Crippen molar-refractivity contribution in [1.29, 1.82) is 0 Å². The largest absolute Gasteiger partial charge is 0.497 e. The summed E-state index contributed by atoms with van der Waals surface area (Å²) in [6, 6.07) is 11.7. The first-order chi connectivity index (χ1) is 13.5. The molecule has 10 heteroatoms. The molecule has 0 bridgehead atoms. The molecule has 3 aromatic rings. The highest BCUT2D eigenvalue weighted by atomic mass is 32.2. The maximum absolute atomic E-state index is 12.2. The van der Waals surface area contributed by atoms with E-state index in [2.05, 4.69) is 15.5 Å². The molecule has 1 N–H and O–H groups in total. The van der Waals surface area contributed by atoms with Crippen molar-refractivity contribution in [3.05, 3.63) is 58.1 Å². The molecule has 0 aliphatic heterocycles. The molecule has 2 aromatic carbocycles. The predicted molar refractivity (Wildman–Crippen MR) is 103 cm³/mol. The van der Waals surface area contributed by atoms with Gasteiger partial charge in [-0.1, -0.05) is 23.9 Å². The molecule has 9 nitrogen and oxygen atoms in total. The van der Waals surface area contributed by atoms with Crippen LogP contribution in [0.3, 0.4) is 0 Å². The molecule has 0 saturated carbocycles. The molecule has 0 spiro atoms. The van der Waals surface area contributed by atoms with Crippen molar-refractivity contribution < 1.29 is 18.9 Å². The number of benzene rings is 2. The van der Waals surface area contributed by atoms with E-state index in [-0.39, 0.29) is 22.4 Å². The van der Waals surface area contributed by atoms with Crippen LogP contribution < -0.4 is 10.1 Å². The molecule has 1 aromatic heterocycles. The summed E-state index contributed by atoms with van der Waals surface area (Å²) in [5.41, 5.74) is 1.35. The Morgan fingerprint density at radius 1 is 1.25 bits per heavy atom. The number of aromatic nitrogens is 2. The smallest absolute Gasteiger partial charge is 0.293 e. The van der Waals surface area contributed by atoms with Gasteiger partial charge >= 0.3 is 0 Å². The van der Waals surface area contributed by atoms with Crippen LogP contribution in [0.5, 0.6) is 5.75 Å². The Morgan fingerprint density at radius 2 is 2.00 bits per heavy atom. The van der Waals surface area contributed by atoms with Gasteiger partial charge in [-0.05, 0) is 36.8 Å². The van der Waals surface area contributed by atoms with E-state index in [4.69, 9.17) is 9.15 Å². The Bertz CT molecular complexity index is 1000. The van der Waals surface area contributed by atoms with Gasteiger partial charge in [-0.25, -0.2) is 0 Å². The first-order valence-electron chi connectivity index (χ1n) is 8.12. The fourth-order valence-corrected chi connectivity index (χ4v) is 2.95. The maximum atomic E-state index is 12.2. The Labute approximate surface area is 164 Å². The fraction of sp³-hybridized carbons (Fsp3) is 0.167. The van der Waals surface area contributed by atoms with E-state index in [9.17, 15) is 14.9 Å². The summed E-state index contributed by atoms with van der Waals surface area (Å²) in [4.78, 5) is 22.8. The number of nitro groups is 1. The normalized spacial score (nSPS) is 10.5. The van der Waals surface area contributed by atoms with Gasteiger partial charge in [-0.2, -0.15) is 0 Å². The molecule has 0 fully saturated rings. The van der Waals surface area contributed by atoms with Crippen LogP contribution in [0, 0.1) is 17.0 Å². The van der Waals surface area contributed by atoms with Crippen molar-refractivity contribution in [1.82, 2.24) is 10.2 Å². The Balaban J connectivity index is 1.63. The number of nitro benzene ring substituents is 1. The molecule has 0 aliphatic carbocycles. The molecular formula is C18H16N4O5S. The van der Waals surface area contributed by atoms with Crippen molar-refractivity contribution in [2.75, 3.05) is 18.2 Å². The number of para-hydroxylation sites is 1. The summed E-state index contributed by atoms with van der Waals surface area (Å²) >= 11 is 1.04. The number of carbonyl (C=O) groups is 1. The Hall–Kier alpha value is -3.40. The second kappa shape index (κ2) is 8.53. The number of rotatable bonds is 7. The van der Waals surface area contributed by atoms with Crippen molar-refractivity contribution >= 4 is 29.0 Å². The molecule has 0 aliphatic rings. The van der Waals surface area contributed by atoms with Crippen LogP contribution in [0.2, 0.25) is 0 Å². The summed E-state index contributed by atoms with van der Waals surface area (Å²) in [6.07, 6.45) is 0. The van der Waals surface area contributed by atoms with Gasteiger partial charge in [0, 0.05) is 11.6 Å². The van der Waals surface area contributed by atoms with E-state index in [1.807, 2.05) is 0 Å². The SMILES string of the molecule is COc1ccc(-c2nnc(SCC(=O)Nc3c(C)cccc3[N+](=O)[O-])o2)cc1. The van der Waals surface area contributed by atoms with Crippen LogP contribution in [0.25, 0.3) is 11.5 Å². The molecule has 1 heterocycles. The monoisotopic (exact) mass is 400 g/mol.